The average molecular weight is 315 g/mol. The third-order valence-electron chi connectivity index (χ3n) is 1.43. The Kier molecular flexibility index (Phi) is 4.38. The molecule has 0 saturated carbocycles. The van der Waals surface area contributed by atoms with Crippen molar-refractivity contribution in [3.05, 3.63) is 11.6 Å². The molecule has 0 amide bonds. The van der Waals surface area contributed by atoms with Crippen LogP contribution in [0.2, 0.25) is 0 Å². The van der Waals surface area contributed by atoms with E-state index in [1.807, 2.05) is 47.0 Å². The SMILES string of the molecule is CSC1=C(SC)Sc2sc(=S)sc2S1. The van der Waals surface area contributed by atoms with Gasteiger partial charge < -0.3 is 0 Å². The van der Waals surface area contributed by atoms with E-state index in [9.17, 15) is 0 Å². The lowest BCUT2D eigenvalue weighted by Crippen LogP contribution is -1.82. The normalized spacial score (nSPS) is 15.9. The summed E-state index contributed by atoms with van der Waals surface area (Å²) in [5.41, 5.74) is 0. The summed E-state index contributed by atoms with van der Waals surface area (Å²) in [5.74, 6) is 0. The van der Waals surface area contributed by atoms with E-state index in [4.69, 9.17) is 12.2 Å². The Hall–Kier alpha value is 1.41. The number of rotatable bonds is 2. The van der Waals surface area contributed by atoms with Gasteiger partial charge in [-0.15, -0.1) is 46.2 Å². The Morgan fingerprint density at radius 3 is 1.71 bits per heavy atom. The van der Waals surface area contributed by atoms with Gasteiger partial charge in [0.2, 0.25) is 0 Å². The molecule has 0 aromatic carbocycles. The maximum absolute atomic E-state index is 5.21. The van der Waals surface area contributed by atoms with Gasteiger partial charge in [-0.3, -0.25) is 0 Å². The molecule has 0 aliphatic carbocycles. The highest BCUT2D eigenvalue weighted by Crippen LogP contribution is 2.56. The van der Waals surface area contributed by atoms with E-state index in [1.54, 1.807) is 22.7 Å². The molecule has 0 radical (unpaired) electrons. The summed E-state index contributed by atoms with van der Waals surface area (Å²) in [6, 6.07) is 0. The van der Waals surface area contributed by atoms with Crippen LogP contribution in [0.1, 0.15) is 0 Å². The molecule has 0 N–H and O–H groups in total. The molecule has 0 unspecified atom stereocenters. The zero-order chi connectivity index (χ0) is 10.1. The summed E-state index contributed by atoms with van der Waals surface area (Å²) in [7, 11) is 0. The Bertz CT molecular complexity index is 387. The van der Waals surface area contributed by atoms with Crippen LogP contribution in [-0.4, -0.2) is 12.5 Å². The first-order chi connectivity index (χ1) is 6.74. The van der Waals surface area contributed by atoms with Crippen LogP contribution in [0.4, 0.5) is 0 Å². The standard InChI is InChI=1S/C7H6S7/c1-9-3-4(10-2)12-6-5(11-3)13-7(8)14-6/h1-2H3. The summed E-state index contributed by atoms with van der Waals surface area (Å²) < 4.78 is 6.63. The fourth-order valence-corrected chi connectivity index (χ4v) is 9.47. The minimum Gasteiger partial charge on any atom is -0.121 e. The van der Waals surface area contributed by atoms with Crippen molar-refractivity contribution < 1.29 is 0 Å². The van der Waals surface area contributed by atoms with Crippen LogP contribution in [0.3, 0.4) is 0 Å². The quantitative estimate of drug-likeness (QED) is 0.651. The Labute approximate surface area is 113 Å². The van der Waals surface area contributed by atoms with E-state index < -0.39 is 0 Å². The maximum Gasteiger partial charge on any atom is 0.145 e. The molecule has 1 aromatic heterocycles. The van der Waals surface area contributed by atoms with Gasteiger partial charge in [-0.05, 0) is 12.5 Å². The fraction of sp³-hybridized carbons (Fsp3) is 0.286. The maximum atomic E-state index is 5.21. The number of hydrogen-bond donors (Lipinski definition) is 0. The monoisotopic (exact) mass is 314 g/mol. The van der Waals surface area contributed by atoms with E-state index in [-0.39, 0.29) is 0 Å². The van der Waals surface area contributed by atoms with E-state index in [0.717, 1.165) is 3.14 Å². The molecule has 0 fully saturated rings. The summed E-state index contributed by atoms with van der Waals surface area (Å²) in [6.45, 7) is 0. The van der Waals surface area contributed by atoms with Gasteiger partial charge in [0, 0.05) is 0 Å². The Balaban J connectivity index is 2.38. The molecular formula is C7H6S7. The van der Waals surface area contributed by atoms with Crippen molar-refractivity contribution in [1.29, 1.82) is 0 Å². The molecule has 0 nitrogen and oxygen atoms in total. The van der Waals surface area contributed by atoms with Crippen molar-refractivity contribution in [3.63, 3.8) is 0 Å². The lowest BCUT2D eigenvalue weighted by Gasteiger charge is -2.14. The van der Waals surface area contributed by atoms with Crippen LogP contribution >= 0.6 is 81.9 Å². The Morgan fingerprint density at radius 2 is 1.36 bits per heavy atom. The van der Waals surface area contributed by atoms with Gasteiger partial charge >= 0.3 is 0 Å². The van der Waals surface area contributed by atoms with Gasteiger partial charge in [-0.25, -0.2) is 0 Å². The van der Waals surface area contributed by atoms with Gasteiger partial charge in [0.05, 0.1) is 16.9 Å². The molecule has 0 saturated heterocycles. The number of fused-ring (bicyclic) bond motifs is 1. The van der Waals surface area contributed by atoms with Gasteiger partial charge in [0.1, 0.15) is 3.14 Å². The molecule has 0 atom stereocenters. The van der Waals surface area contributed by atoms with Crippen LogP contribution in [0.25, 0.3) is 0 Å². The minimum absolute atomic E-state index is 1.04. The molecule has 1 aliphatic rings. The predicted molar refractivity (Wildman–Crippen MR) is 78.8 cm³/mol. The van der Waals surface area contributed by atoms with Gasteiger partial charge in [-0.1, -0.05) is 35.7 Å². The van der Waals surface area contributed by atoms with Crippen molar-refractivity contribution in [3.8, 4) is 0 Å². The average Bonchev–Trinajstić information content (AvgIpc) is 2.54. The van der Waals surface area contributed by atoms with Crippen molar-refractivity contribution in [2.24, 2.45) is 0 Å². The zero-order valence-electron chi connectivity index (χ0n) is 7.36. The second-order valence-corrected chi connectivity index (χ2v) is 10.1. The van der Waals surface area contributed by atoms with Crippen LogP contribution in [-0.2, 0) is 0 Å². The van der Waals surface area contributed by atoms with Crippen molar-refractivity contribution in [2.45, 2.75) is 8.42 Å². The summed E-state index contributed by atoms with van der Waals surface area (Å²) in [4.78, 5) is 0. The third kappa shape index (κ3) is 2.39. The van der Waals surface area contributed by atoms with E-state index in [2.05, 4.69) is 12.5 Å². The highest BCUT2D eigenvalue weighted by Gasteiger charge is 2.21. The summed E-state index contributed by atoms with van der Waals surface area (Å²) in [6.07, 6.45) is 4.27. The van der Waals surface area contributed by atoms with Gasteiger partial charge in [0.25, 0.3) is 0 Å². The van der Waals surface area contributed by atoms with E-state index in [0.29, 0.717) is 0 Å². The van der Waals surface area contributed by atoms with E-state index in [1.165, 1.54) is 16.9 Å². The molecule has 14 heavy (non-hydrogen) atoms. The molecule has 2 heterocycles. The first-order valence-electron chi connectivity index (χ1n) is 3.56. The number of hydrogen-bond acceptors (Lipinski definition) is 7. The minimum atomic E-state index is 1.04. The van der Waals surface area contributed by atoms with Crippen molar-refractivity contribution in [1.82, 2.24) is 0 Å². The van der Waals surface area contributed by atoms with Crippen molar-refractivity contribution in [2.75, 3.05) is 12.5 Å². The molecule has 0 bridgehead atoms. The zero-order valence-corrected chi connectivity index (χ0v) is 13.1. The van der Waals surface area contributed by atoms with Crippen LogP contribution in [0.5, 0.6) is 0 Å². The first-order valence-corrected chi connectivity index (χ1v) is 9.69. The third-order valence-corrected chi connectivity index (χ3v) is 9.78. The van der Waals surface area contributed by atoms with Crippen LogP contribution < -0.4 is 0 Å². The van der Waals surface area contributed by atoms with Gasteiger partial charge in [0.15, 0.2) is 0 Å². The highest BCUT2D eigenvalue weighted by molar-refractivity contribution is 8.30. The molecule has 76 valence electrons. The molecule has 0 spiro atoms. The first kappa shape index (κ1) is 11.9. The second kappa shape index (κ2) is 5.16. The lowest BCUT2D eigenvalue weighted by molar-refractivity contribution is 1.53. The topological polar surface area (TPSA) is 0 Å². The number of thioether (sulfide) groups is 4. The van der Waals surface area contributed by atoms with Gasteiger partial charge in [-0.2, -0.15) is 0 Å². The lowest BCUT2D eigenvalue weighted by atomic mass is 11.1. The molecule has 1 aromatic rings. The highest BCUT2D eigenvalue weighted by atomic mass is 32.2. The summed E-state index contributed by atoms with van der Waals surface area (Å²) in [5, 5.41) is 0. The van der Waals surface area contributed by atoms with Crippen molar-refractivity contribution >= 4 is 81.9 Å². The largest absolute Gasteiger partial charge is 0.145 e. The second-order valence-electron chi connectivity index (χ2n) is 2.22. The Morgan fingerprint density at radius 1 is 0.929 bits per heavy atom. The molecule has 2 rings (SSSR count). The predicted octanol–water partition coefficient (Wildman–Crippen LogP) is 5.59. The smallest absolute Gasteiger partial charge is 0.121 e. The van der Waals surface area contributed by atoms with Crippen LogP contribution in [0.15, 0.2) is 16.9 Å². The molecule has 7 heteroatoms. The summed E-state index contributed by atoms with van der Waals surface area (Å²) >= 11 is 16.1. The molecule has 1 aliphatic heterocycles. The van der Waals surface area contributed by atoms with E-state index >= 15 is 0 Å². The fourth-order valence-electron chi connectivity index (χ4n) is 0.882. The molecular weight excluding hydrogens is 309 g/mol. The van der Waals surface area contributed by atoms with Crippen LogP contribution in [0, 0.1) is 3.14 Å².